The number of hydrogen-bond donors (Lipinski definition) is 0. The molecule has 8 heteroatoms. The first-order chi connectivity index (χ1) is 8.45. The van der Waals surface area contributed by atoms with Gasteiger partial charge in [-0.3, -0.25) is 19.7 Å². The number of thiophene rings is 1. The molecule has 0 N–H and O–H groups in total. The third-order valence-electron chi connectivity index (χ3n) is 2.24. The molecule has 0 saturated heterocycles. The van der Waals surface area contributed by atoms with E-state index in [0.717, 1.165) is 11.3 Å². The van der Waals surface area contributed by atoms with E-state index in [2.05, 4.69) is 4.74 Å². The van der Waals surface area contributed by atoms with E-state index in [-0.39, 0.29) is 29.4 Å². The van der Waals surface area contributed by atoms with E-state index in [9.17, 15) is 19.7 Å². The van der Waals surface area contributed by atoms with Gasteiger partial charge < -0.3 is 9.64 Å². The number of carbonyl (C=O) groups is 2. The van der Waals surface area contributed by atoms with Crippen LogP contribution in [0.25, 0.3) is 0 Å². The molecule has 0 saturated carbocycles. The number of rotatable bonds is 5. The van der Waals surface area contributed by atoms with E-state index in [1.54, 1.807) is 0 Å². The van der Waals surface area contributed by atoms with E-state index < -0.39 is 10.9 Å². The van der Waals surface area contributed by atoms with E-state index >= 15 is 0 Å². The molecule has 0 aromatic carbocycles. The van der Waals surface area contributed by atoms with E-state index in [1.807, 2.05) is 0 Å². The lowest BCUT2D eigenvalue weighted by atomic mass is 10.3. The molecule has 1 aromatic rings. The summed E-state index contributed by atoms with van der Waals surface area (Å²) in [6.07, 6.45) is 0.0883. The van der Waals surface area contributed by atoms with Gasteiger partial charge in [0.05, 0.1) is 24.0 Å². The molecule has 1 heterocycles. The summed E-state index contributed by atoms with van der Waals surface area (Å²) in [4.78, 5) is 34.0. The molecular weight excluding hydrogens is 260 g/mol. The summed E-state index contributed by atoms with van der Waals surface area (Å²) in [7, 11) is 2.79. The van der Waals surface area contributed by atoms with Crippen molar-refractivity contribution in [2.24, 2.45) is 0 Å². The Bertz CT molecular complexity index is 471. The largest absolute Gasteiger partial charge is 0.469 e. The molecule has 0 bridgehead atoms. The average molecular weight is 272 g/mol. The molecule has 0 radical (unpaired) electrons. The van der Waals surface area contributed by atoms with Crippen LogP contribution in [0, 0.1) is 10.1 Å². The van der Waals surface area contributed by atoms with Gasteiger partial charge in [-0.2, -0.15) is 0 Å². The third kappa shape index (κ3) is 3.52. The number of ether oxygens (including phenoxy) is 1. The van der Waals surface area contributed by atoms with Crippen molar-refractivity contribution in [3.05, 3.63) is 27.1 Å². The second-order valence-corrected chi connectivity index (χ2v) is 4.37. The van der Waals surface area contributed by atoms with Crippen molar-refractivity contribution in [2.75, 3.05) is 20.7 Å². The first-order valence-electron chi connectivity index (χ1n) is 5.01. The molecule has 0 aliphatic carbocycles. The zero-order valence-electron chi connectivity index (χ0n) is 9.91. The summed E-state index contributed by atoms with van der Waals surface area (Å²) in [5.74, 6) is -0.769. The molecule has 7 nitrogen and oxygen atoms in total. The second-order valence-electron chi connectivity index (χ2n) is 3.48. The van der Waals surface area contributed by atoms with Crippen LogP contribution in [0.3, 0.4) is 0 Å². The normalized spacial score (nSPS) is 9.89. The van der Waals surface area contributed by atoms with Crippen molar-refractivity contribution in [3.8, 4) is 0 Å². The Morgan fingerprint density at radius 2 is 2.22 bits per heavy atom. The van der Waals surface area contributed by atoms with Gasteiger partial charge in [-0.15, -0.1) is 0 Å². The fourth-order valence-electron chi connectivity index (χ4n) is 1.22. The molecule has 0 spiro atoms. The summed E-state index contributed by atoms with van der Waals surface area (Å²) in [5, 5.41) is 11.8. The van der Waals surface area contributed by atoms with Gasteiger partial charge in [0.25, 0.3) is 5.91 Å². The highest BCUT2D eigenvalue weighted by molar-refractivity contribution is 7.13. The van der Waals surface area contributed by atoms with Crippen molar-refractivity contribution >= 4 is 28.2 Å². The Labute approximate surface area is 107 Å². The van der Waals surface area contributed by atoms with Crippen molar-refractivity contribution in [3.63, 3.8) is 0 Å². The van der Waals surface area contributed by atoms with Gasteiger partial charge in [0, 0.05) is 25.0 Å². The third-order valence-corrected chi connectivity index (χ3v) is 3.12. The van der Waals surface area contributed by atoms with Gasteiger partial charge in [-0.1, -0.05) is 11.3 Å². The molecule has 0 aliphatic rings. The summed E-state index contributed by atoms with van der Waals surface area (Å²) < 4.78 is 4.46. The quantitative estimate of drug-likeness (QED) is 0.457. The van der Waals surface area contributed by atoms with Crippen LogP contribution >= 0.6 is 11.3 Å². The standard InChI is InChI=1S/C10H12N2O5S/c1-11(4-3-9(13)17-2)10(14)7-5-8(12(15)16)18-6-7/h5-6H,3-4H2,1-2H3. The van der Waals surface area contributed by atoms with Gasteiger partial charge in [0.1, 0.15) is 0 Å². The second kappa shape index (κ2) is 6.10. The topological polar surface area (TPSA) is 89.8 Å². The van der Waals surface area contributed by atoms with E-state index in [1.165, 1.54) is 30.5 Å². The maximum absolute atomic E-state index is 11.8. The molecule has 18 heavy (non-hydrogen) atoms. The van der Waals surface area contributed by atoms with Crippen molar-refractivity contribution < 1.29 is 19.2 Å². The zero-order valence-corrected chi connectivity index (χ0v) is 10.7. The monoisotopic (exact) mass is 272 g/mol. The predicted molar refractivity (Wildman–Crippen MR) is 64.6 cm³/mol. The molecule has 0 unspecified atom stereocenters. The van der Waals surface area contributed by atoms with Crippen LogP contribution in [0.2, 0.25) is 0 Å². The SMILES string of the molecule is COC(=O)CCN(C)C(=O)c1csc([N+](=O)[O-])c1. The van der Waals surface area contributed by atoms with Gasteiger partial charge in [-0.25, -0.2) is 0 Å². The summed E-state index contributed by atoms with van der Waals surface area (Å²) >= 11 is 0.894. The van der Waals surface area contributed by atoms with Crippen LogP contribution in [-0.4, -0.2) is 42.4 Å². The van der Waals surface area contributed by atoms with Crippen molar-refractivity contribution in [1.82, 2.24) is 4.90 Å². The minimum Gasteiger partial charge on any atom is -0.469 e. The molecule has 0 aliphatic heterocycles. The lowest BCUT2D eigenvalue weighted by Gasteiger charge is -2.15. The van der Waals surface area contributed by atoms with Crippen LogP contribution in [0.4, 0.5) is 5.00 Å². The molecule has 98 valence electrons. The van der Waals surface area contributed by atoms with E-state index in [0.29, 0.717) is 0 Å². The fraction of sp³-hybridized carbons (Fsp3) is 0.400. The molecule has 0 atom stereocenters. The van der Waals surface area contributed by atoms with Crippen LogP contribution < -0.4 is 0 Å². The zero-order chi connectivity index (χ0) is 13.7. The number of esters is 1. The molecule has 1 rings (SSSR count). The molecule has 1 amide bonds. The minimum atomic E-state index is -0.546. The number of nitrogens with zero attached hydrogens (tertiary/aromatic N) is 2. The summed E-state index contributed by atoms with van der Waals surface area (Å²) in [5.41, 5.74) is 0.249. The number of hydrogen-bond acceptors (Lipinski definition) is 6. The van der Waals surface area contributed by atoms with Gasteiger partial charge in [0.2, 0.25) is 0 Å². The highest BCUT2D eigenvalue weighted by Gasteiger charge is 2.18. The van der Waals surface area contributed by atoms with Gasteiger partial charge in [0.15, 0.2) is 0 Å². The Morgan fingerprint density at radius 3 is 2.72 bits per heavy atom. The van der Waals surface area contributed by atoms with Crippen LogP contribution in [0.5, 0.6) is 0 Å². The lowest BCUT2D eigenvalue weighted by Crippen LogP contribution is -2.28. The Balaban J connectivity index is 2.62. The Hall–Kier alpha value is -1.96. The first kappa shape index (κ1) is 14.1. The van der Waals surface area contributed by atoms with Gasteiger partial charge >= 0.3 is 11.0 Å². The maximum Gasteiger partial charge on any atom is 0.324 e. The lowest BCUT2D eigenvalue weighted by molar-refractivity contribution is -0.380. The number of methoxy groups -OCH3 is 1. The number of carbonyl (C=O) groups excluding carboxylic acids is 2. The van der Waals surface area contributed by atoms with Crippen LogP contribution in [0.1, 0.15) is 16.8 Å². The maximum atomic E-state index is 11.8. The fourth-order valence-corrected chi connectivity index (χ4v) is 1.91. The van der Waals surface area contributed by atoms with E-state index in [4.69, 9.17) is 0 Å². The van der Waals surface area contributed by atoms with Crippen molar-refractivity contribution in [2.45, 2.75) is 6.42 Å². The smallest absolute Gasteiger partial charge is 0.324 e. The van der Waals surface area contributed by atoms with Gasteiger partial charge in [-0.05, 0) is 0 Å². The molecule has 1 aromatic heterocycles. The molecular formula is C10H12N2O5S. The van der Waals surface area contributed by atoms with Crippen molar-refractivity contribution in [1.29, 1.82) is 0 Å². The number of amides is 1. The Kier molecular flexibility index (Phi) is 4.78. The molecule has 0 fully saturated rings. The van der Waals surface area contributed by atoms with Crippen LogP contribution in [0.15, 0.2) is 11.4 Å². The highest BCUT2D eigenvalue weighted by atomic mass is 32.1. The minimum absolute atomic E-state index is 0.0836. The predicted octanol–water partition coefficient (Wildman–Crippen LogP) is 1.29. The Morgan fingerprint density at radius 1 is 1.56 bits per heavy atom. The number of nitro groups is 1. The van der Waals surface area contributed by atoms with Crippen LogP contribution in [-0.2, 0) is 9.53 Å². The highest BCUT2D eigenvalue weighted by Crippen LogP contribution is 2.23. The first-order valence-corrected chi connectivity index (χ1v) is 5.89. The summed E-state index contributed by atoms with van der Waals surface area (Å²) in [6.45, 7) is 0.204. The average Bonchev–Trinajstić information content (AvgIpc) is 2.84. The summed E-state index contributed by atoms with van der Waals surface area (Å²) in [6, 6.07) is 1.22.